The fourth-order valence-corrected chi connectivity index (χ4v) is 2.13. The number of aliphatic carboxylic acids is 1. The monoisotopic (exact) mass is 201 g/mol. The molecule has 0 saturated carbocycles. The summed E-state index contributed by atoms with van der Waals surface area (Å²) >= 11 is 0. The van der Waals surface area contributed by atoms with Crippen molar-refractivity contribution in [2.24, 2.45) is 0 Å². The summed E-state index contributed by atoms with van der Waals surface area (Å²) in [5, 5.41) is 9.29. The second kappa shape index (κ2) is 4.75. The quantitative estimate of drug-likeness (QED) is 0.736. The SMILES string of the molecule is CCC(CC)(C(=O)O)N1CCOCC1. The van der Waals surface area contributed by atoms with Gasteiger partial charge in [0.05, 0.1) is 13.2 Å². The lowest BCUT2D eigenvalue weighted by Crippen LogP contribution is -2.57. The van der Waals surface area contributed by atoms with Crippen LogP contribution in [0.4, 0.5) is 0 Å². The molecule has 0 radical (unpaired) electrons. The molecule has 0 aromatic heterocycles. The van der Waals surface area contributed by atoms with E-state index in [1.165, 1.54) is 0 Å². The first-order valence-electron chi connectivity index (χ1n) is 5.23. The summed E-state index contributed by atoms with van der Waals surface area (Å²) in [5.41, 5.74) is -0.677. The van der Waals surface area contributed by atoms with Gasteiger partial charge in [0.15, 0.2) is 0 Å². The second-order valence-corrected chi connectivity index (χ2v) is 3.64. The number of ether oxygens (including phenoxy) is 1. The molecule has 1 N–H and O–H groups in total. The van der Waals surface area contributed by atoms with E-state index in [0.29, 0.717) is 26.1 Å². The molecule has 1 aliphatic heterocycles. The van der Waals surface area contributed by atoms with E-state index < -0.39 is 11.5 Å². The number of rotatable bonds is 4. The third-order valence-corrected chi connectivity index (χ3v) is 3.18. The average molecular weight is 201 g/mol. The van der Waals surface area contributed by atoms with Crippen molar-refractivity contribution in [1.82, 2.24) is 4.90 Å². The molecule has 0 amide bonds. The van der Waals surface area contributed by atoms with E-state index in [9.17, 15) is 9.90 Å². The number of carboxylic acid groups (broad SMARTS) is 1. The van der Waals surface area contributed by atoms with Gasteiger partial charge in [-0.3, -0.25) is 9.69 Å². The summed E-state index contributed by atoms with van der Waals surface area (Å²) in [6, 6.07) is 0. The highest BCUT2D eigenvalue weighted by Gasteiger charge is 2.41. The van der Waals surface area contributed by atoms with Gasteiger partial charge in [0.2, 0.25) is 0 Å². The van der Waals surface area contributed by atoms with Gasteiger partial charge in [-0.1, -0.05) is 13.8 Å². The zero-order chi connectivity index (χ0) is 10.6. The van der Waals surface area contributed by atoms with Gasteiger partial charge in [-0.2, -0.15) is 0 Å². The fourth-order valence-electron chi connectivity index (χ4n) is 2.13. The maximum absolute atomic E-state index is 11.3. The molecule has 4 nitrogen and oxygen atoms in total. The number of nitrogens with zero attached hydrogens (tertiary/aromatic N) is 1. The minimum Gasteiger partial charge on any atom is -0.480 e. The molecule has 82 valence electrons. The Kier molecular flexibility index (Phi) is 3.89. The molecule has 0 unspecified atom stereocenters. The molecule has 0 aliphatic carbocycles. The van der Waals surface area contributed by atoms with Crippen LogP contribution in [0.3, 0.4) is 0 Å². The van der Waals surface area contributed by atoms with Gasteiger partial charge < -0.3 is 9.84 Å². The highest BCUT2D eigenvalue weighted by atomic mass is 16.5. The fraction of sp³-hybridized carbons (Fsp3) is 0.900. The Morgan fingerprint density at radius 2 is 1.86 bits per heavy atom. The Labute approximate surface area is 84.8 Å². The Morgan fingerprint density at radius 3 is 2.21 bits per heavy atom. The van der Waals surface area contributed by atoms with Crippen LogP contribution < -0.4 is 0 Å². The van der Waals surface area contributed by atoms with Gasteiger partial charge in [-0.25, -0.2) is 0 Å². The van der Waals surface area contributed by atoms with Crippen molar-refractivity contribution in [1.29, 1.82) is 0 Å². The summed E-state index contributed by atoms with van der Waals surface area (Å²) in [6.07, 6.45) is 1.30. The maximum Gasteiger partial charge on any atom is 0.324 e. The zero-order valence-electron chi connectivity index (χ0n) is 8.95. The van der Waals surface area contributed by atoms with Crippen LogP contribution in [-0.4, -0.2) is 47.8 Å². The van der Waals surface area contributed by atoms with Crippen LogP contribution in [-0.2, 0) is 9.53 Å². The van der Waals surface area contributed by atoms with E-state index in [2.05, 4.69) is 0 Å². The van der Waals surface area contributed by atoms with Crippen molar-refractivity contribution in [2.45, 2.75) is 32.2 Å². The number of carbonyl (C=O) groups is 1. The van der Waals surface area contributed by atoms with E-state index in [1.54, 1.807) is 0 Å². The smallest absolute Gasteiger partial charge is 0.324 e. The summed E-state index contributed by atoms with van der Waals surface area (Å²) in [7, 11) is 0. The van der Waals surface area contributed by atoms with Gasteiger partial charge in [-0.15, -0.1) is 0 Å². The van der Waals surface area contributed by atoms with Gasteiger partial charge in [0.25, 0.3) is 0 Å². The summed E-state index contributed by atoms with van der Waals surface area (Å²) in [4.78, 5) is 13.3. The van der Waals surface area contributed by atoms with Crippen LogP contribution in [0, 0.1) is 0 Å². The van der Waals surface area contributed by atoms with Crippen LogP contribution in [0.1, 0.15) is 26.7 Å². The van der Waals surface area contributed by atoms with Crippen molar-refractivity contribution in [3.05, 3.63) is 0 Å². The number of hydrogen-bond donors (Lipinski definition) is 1. The Bertz CT molecular complexity index is 196. The number of hydrogen-bond acceptors (Lipinski definition) is 3. The third-order valence-electron chi connectivity index (χ3n) is 3.18. The molecule has 0 aromatic carbocycles. The molecule has 0 spiro atoms. The van der Waals surface area contributed by atoms with Crippen LogP contribution in [0.25, 0.3) is 0 Å². The number of morpholine rings is 1. The maximum atomic E-state index is 11.3. The zero-order valence-corrected chi connectivity index (χ0v) is 8.95. The molecule has 0 atom stereocenters. The van der Waals surface area contributed by atoms with E-state index in [-0.39, 0.29) is 0 Å². The minimum absolute atomic E-state index is 0.648. The Hall–Kier alpha value is -0.610. The van der Waals surface area contributed by atoms with Crippen LogP contribution >= 0.6 is 0 Å². The van der Waals surface area contributed by atoms with Crippen molar-refractivity contribution in [3.8, 4) is 0 Å². The molecule has 1 fully saturated rings. The molecule has 4 heteroatoms. The van der Waals surface area contributed by atoms with Crippen molar-refractivity contribution in [3.63, 3.8) is 0 Å². The molecule has 1 rings (SSSR count). The van der Waals surface area contributed by atoms with Crippen LogP contribution in [0.5, 0.6) is 0 Å². The molecule has 0 aromatic rings. The first-order valence-corrected chi connectivity index (χ1v) is 5.23. The van der Waals surface area contributed by atoms with Crippen LogP contribution in [0.15, 0.2) is 0 Å². The lowest BCUT2D eigenvalue weighted by atomic mass is 9.90. The molecule has 0 bridgehead atoms. The lowest BCUT2D eigenvalue weighted by Gasteiger charge is -2.41. The molecule has 1 saturated heterocycles. The van der Waals surface area contributed by atoms with Crippen molar-refractivity contribution in [2.75, 3.05) is 26.3 Å². The van der Waals surface area contributed by atoms with E-state index in [4.69, 9.17) is 4.74 Å². The van der Waals surface area contributed by atoms with E-state index in [1.807, 2.05) is 18.7 Å². The summed E-state index contributed by atoms with van der Waals surface area (Å²) in [6.45, 7) is 6.63. The van der Waals surface area contributed by atoms with Gasteiger partial charge in [-0.05, 0) is 12.8 Å². The highest BCUT2D eigenvalue weighted by Crippen LogP contribution is 2.25. The van der Waals surface area contributed by atoms with Crippen molar-refractivity contribution >= 4 is 5.97 Å². The topological polar surface area (TPSA) is 49.8 Å². The third kappa shape index (κ3) is 1.91. The second-order valence-electron chi connectivity index (χ2n) is 3.64. The summed E-state index contributed by atoms with van der Waals surface area (Å²) < 4.78 is 5.23. The largest absolute Gasteiger partial charge is 0.480 e. The first-order chi connectivity index (χ1) is 6.67. The summed E-state index contributed by atoms with van der Waals surface area (Å²) in [5.74, 6) is -0.704. The van der Waals surface area contributed by atoms with Crippen LogP contribution in [0.2, 0.25) is 0 Å². The lowest BCUT2D eigenvalue weighted by molar-refractivity contribution is -0.155. The molecule has 1 aliphatic rings. The van der Waals surface area contributed by atoms with Crippen molar-refractivity contribution < 1.29 is 14.6 Å². The molecular weight excluding hydrogens is 182 g/mol. The molecule has 1 heterocycles. The average Bonchev–Trinajstić information content (AvgIpc) is 2.22. The first kappa shape index (κ1) is 11.5. The highest BCUT2D eigenvalue weighted by molar-refractivity contribution is 5.78. The van der Waals surface area contributed by atoms with E-state index in [0.717, 1.165) is 13.1 Å². The predicted octanol–water partition coefficient (Wildman–Crippen LogP) is 0.962. The normalized spacial score (nSPS) is 19.6. The van der Waals surface area contributed by atoms with Gasteiger partial charge >= 0.3 is 5.97 Å². The minimum atomic E-state index is -0.704. The van der Waals surface area contributed by atoms with Gasteiger partial charge in [0, 0.05) is 13.1 Å². The molecular formula is C10H19NO3. The van der Waals surface area contributed by atoms with Gasteiger partial charge in [0.1, 0.15) is 5.54 Å². The standard InChI is InChI=1S/C10H19NO3/c1-3-10(4-2,9(12)13)11-5-7-14-8-6-11/h3-8H2,1-2H3,(H,12,13). The molecule has 14 heavy (non-hydrogen) atoms. The predicted molar refractivity (Wildman–Crippen MR) is 53.3 cm³/mol. The Morgan fingerprint density at radius 1 is 1.36 bits per heavy atom. The number of carboxylic acids is 1. The van der Waals surface area contributed by atoms with E-state index >= 15 is 0 Å². The Balaban J connectivity index is 2.78.